The summed E-state index contributed by atoms with van der Waals surface area (Å²) >= 11 is 0. The Kier molecular flexibility index (Phi) is 4.39. The van der Waals surface area contributed by atoms with Crippen molar-refractivity contribution in [2.24, 2.45) is 0 Å². The molecule has 0 saturated heterocycles. The number of ether oxygens (including phenoxy) is 1. The van der Waals surface area contributed by atoms with Crippen molar-refractivity contribution in [3.63, 3.8) is 0 Å². The first-order valence-electron chi connectivity index (χ1n) is 5.17. The van der Waals surface area contributed by atoms with E-state index in [4.69, 9.17) is 4.74 Å². The SMILES string of the molecule is COC(C)CNc1cc(C)c(F)cc1[N+](=O)[O-]. The van der Waals surface area contributed by atoms with Crippen molar-refractivity contribution >= 4 is 11.4 Å². The third kappa shape index (κ3) is 3.39. The van der Waals surface area contributed by atoms with Crippen molar-refractivity contribution in [1.29, 1.82) is 0 Å². The summed E-state index contributed by atoms with van der Waals surface area (Å²) in [7, 11) is 1.55. The fourth-order valence-corrected chi connectivity index (χ4v) is 1.30. The zero-order valence-electron chi connectivity index (χ0n) is 9.99. The summed E-state index contributed by atoms with van der Waals surface area (Å²) in [6, 6.07) is 2.35. The highest BCUT2D eigenvalue weighted by Gasteiger charge is 2.17. The Morgan fingerprint density at radius 2 is 2.24 bits per heavy atom. The monoisotopic (exact) mass is 242 g/mol. The number of rotatable bonds is 5. The third-order valence-electron chi connectivity index (χ3n) is 2.46. The van der Waals surface area contributed by atoms with Crippen LogP contribution in [0.25, 0.3) is 0 Å². The number of halogens is 1. The minimum absolute atomic E-state index is 0.0834. The molecular weight excluding hydrogens is 227 g/mol. The molecule has 0 amide bonds. The standard InChI is InChI=1S/C11H15FN2O3/c1-7-4-10(13-6-8(2)17-3)11(14(15)16)5-9(7)12/h4-5,8,13H,6H2,1-3H3. The Labute approximate surface area is 98.7 Å². The van der Waals surface area contributed by atoms with Crippen LogP contribution in [0.4, 0.5) is 15.8 Å². The molecule has 0 heterocycles. The molecule has 6 heteroatoms. The smallest absolute Gasteiger partial charge is 0.295 e. The van der Waals surface area contributed by atoms with E-state index in [0.717, 1.165) is 6.07 Å². The highest BCUT2D eigenvalue weighted by molar-refractivity contribution is 5.63. The molecule has 0 spiro atoms. The number of benzene rings is 1. The lowest BCUT2D eigenvalue weighted by Gasteiger charge is -2.12. The molecule has 0 radical (unpaired) electrons. The normalized spacial score (nSPS) is 12.2. The first-order valence-corrected chi connectivity index (χ1v) is 5.17. The Hall–Kier alpha value is -1.69. The molecule has 0 aliphatic carbocycles. The summed E-state index contributed by atoms with van der Waals surface area (Å²) in [5.74, 6) is -0.581. The van der Waals surface area contributed by atoms with Crippen molar-refractivity contribution in [1.82, 2.24) is 0 Å². The second-order valence-corrected chi connectivity index (χ2v) is 3.80. The Morgan fingerprint density at radius 3 is 2.76 bits per heavy atom. The summed E-state index contributed by atoms with van der Waals surface area (Å²) in [5.41, 5.74) is 0.400. The number of hydrogen-bond acceptors (Lipinski definition) is 4. The van der Waals surface area contributed by atoms with Crippen LogP contribution in [0.2, 0.25) is 0 Å². The van der Waals surface area contributed by atoms with Crippen molar-refractivity contribution in [2.75, 3.05) is 19.0 Å². The van der Waals surface area contributed by atoms with Gasteiger partial charge in [0.05, 0.1) is 17.1 Å². The summed E-state index contributed by atoms with van der Waals surface area (Å²) in [6.07, 6.45) is -0.0834. The minimum Gasteiger partial charge on any atom is -0.380 e. The summed E-state index contributed by atoms with van der Waals surface area (Å²) in [6.45, 7) is 3.81. The molecule has 1 aromatic carbocycles. The van der Waals surface area contributed by atoms with Crippen LogP contribution < -0.4 is 5.32 Å². The molecule has 0 aliphatic rings. The second kappa shape index (κ2) is 5.58. The number of nitro groups is 1. The van der Waals surface area contributed by atoms with Gasteiger partial charge in [-0.1, -0.05) is 0 Å². The first-order chi connectivity index (χ1) is 7.95. The van der Waals surface area contributed by atoms with E-state index in [0.29, 0.717) is 17.8 Å². The Bertz CT molecular complexity index is 423. The summed E-state index contributed by atoms with van der Waals surface area (Å²) < 4.78 is 18.2. The van der Waals surface area contributed by atoms with Gasteiger partial charge in [-0.3, -0.25) is 10.1 Å². The van der Waals surface area contributed by atoms with Crippen LogP contribution >= 0.6 is 0 Å². The van der Waals surface area contributed by atoms with Gasteiger partial charge in [-0.25, -0.2) is 4.39 Å². The highest BCUT2D eigenvalue weighted by Crippen LogP contribution is 2.27. The van der Waals surface area contributed by atoms with Gasteiger partial charge in [-0.2, -0.15) is 0 Å². The number of nitrogens with zero attached hydrogens (tertiary/aromatic N) is 1. The van der Waals surface area contributed by atoms with Crippen LogP contribution in [0, 0.1) is 22.9 Å². The van der Waals surface area contributed by atoms with Gasteiger partial charge in [0.15, 0.2) is 0 Å². The number of anilines is 1. The van der Waals surface area contributed by atoms with Crippen LogP contribution in [-0.4, -0.2) is 24.7 Å². The van der Waals surface area contributed by atoms with E-state index in [-0.39, 0.29) is 11.8 Å². The second-order valence-electron chi connectivity index (χ2n) is 3.80. The quantitative estimate of drug-likeness (QED) is 0.636. The average molecular weight is 242 g/mol. The van der Waals surface area contributed by atoms with E-state index in [2.05, 4.69) is 5.32 Å². The third-order valence-corrected chi connectivity index (χ3v) is 2.46. The number of nitrogens with one attached hydrogen (secondary N) is 1. The number of nitro benzene ring substituents is 1. The summed E-state index contributed by atoms with van der Waals surface area (Å²) in [5, 5.41) is 13.6. The van der Waals surface area contributed by atoms with Gasteiger partial charge >= 0.3 is 0 Å². The highest BCUT2D eigenvalue weighted by atomic mass is 19.1. The van der Waals surface area contributed by atoms with Gasteiger partial charge < -0.3 is 10.1 Å². The lowest BCUT2D eigenvalue weighted by molar-refractivity contribution is -0.384. The van der Waals surface area contributed by atoms with Gasteiger partial charge in [0, 0.05) is 13.7 Å². The molecule has 0 fully saturated rings. The Morgan fingerprint density at radius 1 is 1.59 bits per heavy atom. The van der Waals surface area contributed by atoms with Crippen LogP contribution in [-0.2, 0) is 4.74 Å². The van der Waals surface area contributed by atoms with Gasteiger partial charge in [-0.05, 0) is 25.5 Å². The molecule has 1 aromatic rings. The minimum atomic E-state index is -0.609. The largest absolute Gasteiger partial charge is 0.380 e. The number of hydrogen-bond donors (Lipinski definition) is 1. The number of aryl methyl sites for hydroxylation is 1. The van der Waals surface area contributed by atoms with Crippen molar-refractivity contribution < 1.29 is 14.1 Å². The topological polar surface area (TPSA) is 64.4 Å². The van der Waals surface area contributed by atoms with Crippen molar-refractivity contribution in [2.45, 2.75) is 20.0 Å². The van der Waals surface area contributed by atoms with Gasteiger partial charge in [0.1, 0.15) is 11.5 Å². The first kappa shape index (κ1) is 13.4. The molecule has 0 bridgehead atoms. The maximum Gasteiger partial charge on any atom is 0.295 e. The molecule has 0 aliphatic heterocycles. The Balaban J connectivity index is 2.96. The van der Waals surface area contributed by atoms with E-state index in [1.54, 1.807) is 14.0 Å². The maximum absolute atomic E-state index is 13.2. The fraction of sp³-hybridized carbons (Fsp3) is 0.455. The van der Waals surface area contributed by atoms with Crippen LogP contribution in [0.5, 0.6) is 0 Å². The zero-order valence-corrected chi connectivity index (χ0v) is 9.99. The van der Waals surface area contributed by atoms with Gasteiger partial charge in [0.25, 0.3) is 5.69 Å². The van der Waals surface area contributed by atoms with E-state index < -0.39 is 10.7 Å². The molecule has 1 atom stereocenters. The van der Waals surface area contributed by atoms with E-state index in [9.17, 15) is 14.5 Å². The fourth-order valence-electron chi connectivity index (χ4n) is 1.30. The molecule has 0 aromatic heterocycles. The molecule has 17 heavy (non-hydrogen) atoms. The molecule has 5 nitrogen and oxygen atoms in total. The lowest BCUT2D eigenvalue weighted by Crippen LogP contribution is -2.18. The maximum atomic E-state index is 13.2. The molecule has 0 saturated carbocycles. The molecule has 1 N–H and O–H groups in total. The predicted molar refractivity (Wildman–Crippen MR) is 62.8 cm³/mol. The van der Waals surface area contributed by atoms with Gasteiger partial charge in [-0.15, -0.1) is 0 Å². The van der Waals surface area contributed by atoms with E-state index in [1.165, 1.54) is 6.07 Å². The molecular formula is C11H15FN2O3. The van der Waals surface area contributed by atoms with Crippen LogP contribution in [0.15, 0.2) is 12.1 Å². The predicted octanol–water partition coefficient (Wildman–Crippen LogP) is 2.49. The summed E-state index contributed by atoms with van der Waals surface area (Å²) in [4.78, 5) is 10.2. The van der Waals surface area contributed by atoms with Crippen LogP contribution in [0.3, 0.4) is 0 Å². The van der Waals surface area contributed by atoms with E-state index >= 15 is 0 Å². The van der Waals surface area contributed by atoms with Crippen LogP contribution in [0.1, 0.15) is 12.5 Å². The molecule has 94 valence electrons. The molecule has 1 rings (SSSR count). The zero-order chi connectivity index (χ0) is 13.0. The molecule has 1 unspecified atom stereocenters. The lowest BCUT2D eigenvalue weighted by atomic mass is 10.1. The van der Waals surface area contributed by atoms with Gasteiger partial charge in [0.2, 0.25) is 0 Å². The average Bonchev–Trinajstić information content (AvgIpc) is 2.29. The van der Waals surface area contributed by atoms with E-state index in [1.807, 2.05) is 6.92 Å². The number of methoxy groups -OCH3 is 1. The van der Waals surface area contributed by atoms with Crippen molar-refractivity contribution in [3.05, 3.63) is 33.6 Å². The van der Waals surface area contributed by atoms with Crippen molar-refractivity contribution in [3.8, 4) is 0 Å².